The van der Waals surface area contributed by atoms with Gasteiger partial charge in [-0.3, -0.25) is 10.1 Å². The minimum atomic E-state index is -0.327. The molecule has 0 bridgehead atoms. The standard InChI is InChI=1S/C26H26ClN5OS/c1-4-5-6-18-8-11-20(12-9-18)32-30-23-13-17(3)22(15-24(23)31-32)28-26(34)29-25(33)19-10-7-16(2)21(27)14-19/h7-15H,4-6H2,1-3H3,(H2,28,29,33,34). The Labute approximate surface area is 209 Å². The normalized spacial score (nSPS) is 10.9. The third kappa shape index (κ3) is 5.43. The van der Waals surface area contributed by atoms with Crippen LogP contribution in [-0.2, 0) is 6.42 Å². The summed E-state index contributed by atoms with van der Waals surface area (Å²) in [6.07, 6.45) is 3.43. The van der Waals surface area contributed by atoms with Gasteiger partial charge in [0.15, 0.2) is 5.11 Å². The van der Waals surface area contributed by atoms with Crippen molar-refractivity contribution in [2.24, 2.45) is 0 Å². The Bertz CT molecular complexity index is 1360. The van der Waals surface area contributed by atoms with E-state index in [-0.39, 0.29) is 11.0 Å². The van der Waals surface area contributed by atoms with Crippen LogP contribution < -0.4 is 10.6 Å². The summed E-state index contributed by atoms with van der Waals surface area (Å²) in [6, 6.07) is 17.3. The molecular formula is C26H26ClN5OS. The van der Waals surface area contributed by atoms with E-state index in [0.29, 0.717) is 10.6 Å². The third-order valence-corrected chi connectivity index (χ3v) is 6.23. The number of aromatic nitrogens is 3. The molecule has 0 unspecified atom stereocenters. The van der Waals surface area contributed by atoms with Crippen LogP contribution in [0.1, 0.15) is 46.8 Å². The van der Waals surface area contributed by atoms with E-state index >= 15 is 0 Å². The number of nitrogens with one attached hydrogen (secondary N) is 2. The molecule has 0 aliphatic heterocycles. The molecule has 1 aromatic heterocycles. The van der Waals surface area contributed by atoms with Gasteiger partial charge in [-0.15, -0.1) is 10.2 Å². The summed E-state index contributed by atoms with van der Waals surface area (Å²) in [7, 11) is 0. The van der Waals surface area contributed by atoms with E-state index in [2.05, 4.69) is 39.9 Å². The molecule has 0 spiro atoms. The molecule has 0 aliphatic carbocycles. The van der Waals surface area contributed by atoms with E-state index in [1.165, 1.54) is 18.4 Å². The number of unbranched alkanes of at least 4 members (excludes halogenated alkanes) is 1. The number of halogens is 1. The van der Waals surface area contributed by atoms with Crippen LogP contribution >= 0.6 is 23.8 Å². The van der Waals surface area contributed by atoms with E-state index in [4.69, 9.17) is 23.8 Å². The Morgan fingerprint density at radius 3 is 2.38 bits per heavy atom. The van der Waals surface area contributed by atoms with Gasteiger partial charge in [-0.2, -0.15) is 4.80 Å². The van der Waals surface area contributed by atoms with Gasteiger partial charge in [0.1, 0.15) is 11.0 Å². The van der Waals surface area contributed by atoms with Gasteiger partial charge in [0, 0.05) is 16.3 Å². The van der Waals surface area contributed by atoms with Crippen molar-refractivity contribution >= 4 is 51.6 Å². The summed E-state index contributed by atoms with van der Waals surface area (Å²) in [5.41, 5.74) is 6.76. The lowest BCUT2D eigenvalue weighted by Gasteiger charge is -2.12. The van der Waals surface area contributed by atoms with Crippen LogP contribution in [0.5, 0.6) is 0 Å². The van der Waals surface area contributed by atoms with Gasteiger partial charge in [-0.1, -0.05) is 43.1 Å². The average Bonchev–Trinajstić information content (AvgIpc) is 3.22. The molecule has 8 heteroatoms. The Hall–Kier alpha value is -3.29. The fourth-order valence-corrected chi connectivity index (χ4v) is 3.94. The summed E-state index contributed by atoms with van der Waals surface area (Å²) in [5.74, 6) is -0.327. The fraction of sp³-hybridized carbons (Fsp3) is 0.231. The lowest BCUT2D eigenvalue weighted by molar-refractivity contribution is 0.0977. The van der Waals surface area contributed by atoms with Crippen molar-refractivity contribution in [3.8, 4) is 5.69 Å². The highest BCUT2D eigenvalue weighted by atomic mass is 35.5. The van der Waals surface area contributed by atoms with Crippen LogP contribution in [0.4, 0.5) is 5.69 Å². The van der Waals surface area contributed by atoms with Crippen LogP contribution in [-0.4, -0.2) is 26.0 Å². The first-order valence-electron chi connectivity index (χ1n) is 11.2. The van der Waals surface area contributed by atoms with Gasteiger partial charge in [0.2, 0.25) is 0 Å². The maximum absolute atomic E-state index is 12.5. The van der Waals surface area contributed by atoms with Crippen molar-refractivity contribution in [2.45, 2.75) is 40.0 Å². The second-order valence-corrected chi connectivity index (χ2v) is 9.10. The summed E-state index contributed by atoms with van der Waals surface area (Å²) < 4.78 is 0. The van der Waals surface area contributed by atoms with Crippen molar-refractivity contribution in [3.63, 3.8) is 0 Å². The average molecular weight is 492 g/mol. The zero-order valence-electron chi connectivity index (χ0n) is 19.4. The number of nitrogens with zero attached hydrogens (tertiary/aromatic N) is 3. The monoisotopic (exact) mass is 491 g/mol. The molecule has 4 rings (SSSR count). The van der Waals surface area contributed by atoms with Crippen molar-refractivity contribution in [1.82, 2.24) is 20.3 Å². The first kappa shape index (κ1) is 23.9. The molecule has 0 fully saturated rings. The van der Waals surface area contributed by atoms with Crippen LogP contribution in [0.25, 0.3) is 16.7 Å². The largest absolute Gasteiger partial charge is 0.332 e. The van der Waals surface area contributed by atoms with Crippen molar-refractivity contribution in [3.05, 3.63) is 81.9 Å². The lowest BCUT2D eigenvalue weighted by atomic mass is 10.1. The molecule has 0 saturated heterocycles. The van der Waals surface area contributed by atoms with Crippen LogP contribution in [0, 0.1) is 13.8 Å². The van der Waals surface area contributed by atoms with Crippen LogP contribution in [0.2, 0.25) is 5.02 Å². The van der Waals surface area contributed by atoms with E-state index in [0.717, 1.165) is 40.0 Å². The molecule has 3 aromatic carbocycles. The minimum absolute atomic E-state index is 0.194. The molecule has 174 valence electrons. The van der Waals surface area contributed by atoms with E-state index in [9.17, 15) is 4.79 Å². The summed E-state index contributed by atoms with van der Waals surface area (Å²) in [6.45, 7) is 6.03. The zero-order chi connectivity index (χ0) is 24.2. The number of aryl methyl sites for hydroxylation is 3. The van der Waals surface area contributed by atoms with Crippen LogP contribution in [0.3, 0.4) is 0 Å². The molecule has 1 amide bonds. The predicted molar refractivity (Wildman–Crippen MR) is 142 cm³/mol. The van der Waals surface area contributed by atoms with Gasteiger partial charge in [0.25, 0.3) is 5.91 Å². The number of fused-ring (bicyclic) bond motifs is 1. The van der Waals surface area contributed by atoms with Crippen molar-refractivity contribution in [2.75, 3.05) is 5.32 Å². The summed E-state index contributed by atoms with van der Waals surface area (Å²) in [4.78, 5) is 14.2. The molecule has 1 heterocycles. The number of amides is 1. The Morgan fingerprint density at radius 2 is 1.71 bits per heavy atom. The molecular weight excluding hydrogens is 466 g/mol. The van der Waals surface area contributed by atoms with Gasteiger partial charge in [0.05, 0.1) is 5.69 Å². The maximum atomic E-state index is 12.5. The van der Waals surface area contributed by atoms with Crippen molar-refractivity contribution in [1.29, 1.82) is 0 Å². The first-order valence-corrected chi connectivity index (χ1v) is 12.0. The number of rotatable bonds is 6. The second kappa shape index (κ2) is 10.3. The highest BCUT2D eigenvalue weighted by Crippen LogP contribution is 2.23. The van der Waals surface area contributed by atoms with Crippen molar-refractivity contribution < 1.29 is 4.79 Å². The number of hydrogen-bond donors (Lipinski definition) is 2. The SMILES string of the molecule is CCCCc1ccc(-n2nc3cc(C)c(NC(=S)NC(=O)c4ccc(C)c(Cl)c4)cc3n2)cc1. The maximum Gasteiger partial charge on any atom is 0.257 e. The van der Waals surface area contributed by atoms with Gasteiger partial charge in [-0.25, -0.2) is 0 Å². The number of hydrogen-bond acceptors (Lipinski definition) is 4. The van der Waals surface area contributed by atoms with Gasteiger partial charge in [-0.05, 0) is 92.0 Å². The first-order chi connectivity index (χ1) is 16.3. The molecule has 6 nitrogen and oxygen atoms in total. The molecule has 0 saturated carbocycles. The predicted octanol–water partition coefficient (Wildman–Crippen LogP) is 6.16. The highest BCUT2D eigenvalue weighted by Gasteiger charge is 2.13. The molecule has 4 aromatic rings. The number of benzene rings is 3. The fourth-order valence-electron chi connectivity index (χ4n) is 3.56. The molecule has 0 atom stereocenters. The van der Waals surface area contributed by atoms with Gasteiger partial charge >= 0.3 is 0 Å². The zero-order valence-corrected chi connectivity index (χ0v) is 20.9. The second-order valence-electron chi connectivity index (χ2n) is 8.29. The smallest absolute Gasteiger partial charge is 0.257 e. The molecule has 2 N–H and O–H groups in total. The number of anilines is 1. The Kier molecular flexibility index (Phi) is 7.24. The molecule has 0 aliphatic rings. The van der Waals surface area contributed by atoms with E-state index in [1.54, 1.807) is 23.0 Å². The van der Waals surface area contributed by atoms with E-state index in [1.807, 2.05) is 38.1 Å². The Balaban J connectivity index is 1.48. The van der Waals surface area contributed by atoms with Crippen LogP contribution in [0.15, 0.2) is 54.6 Å². The molecule has 0 radical (unpaired) electrons. The summed E-state index contributed by atoms with van der Waals surface area (Å²) in [5, 5.41) is 15.8. The topological polar surface area (TPSA) is 71.8 Å². The quantitative estimate of drug-likeness (QED) is 0.316. The van der Waals surface area contributed by atoms with E-state index < -0.39 is 0 Å². The lowest BCUT2D eigenvalue weighted by Crippen LogP contribution is -2.34. The number of thiocarbonyl (C=S) groups is 1. The summed E-state index contributed by atoms with van der Waals surface area (Å²) >= 11 is 11.5. The Morgan fingerprint density at radius 1 is 1.00 bits per heavy atom. The van der Waals surface area contributed by atoms with Gasteiger partial charge < -0.3 is 5.32 Å². The number of carbonyl (C=O) groups is 1. The highest BCUT2D eigenvalue weighted by molar-refractivity contribution is 7.80. The molecule has 34 heavy (non-hydrogen) atoms. The number of carbonyl (C=O) groups excluding carboxylic acids is 1. The third-order valence-electron chi connectivity index (χ3n) is 5.62. The minimum Gasteiger partial charge on any atom is -0.332 e.